The van der Waals surface area contributed by atoms with E-state index in [2.05, 4.69) is 10.6 Å². The van der Waals surface area contributed by atoms with Gasteiger partial charge in [-0.25, -0.2) is 4.79 Å². The summed E-state index contributed by atoms with van der Waals surface area (Å²) in [7, 11) is 3.31. The molecule has 0 spiro atoms. The number of unbranched alkanes of at least 4 members (excludes halogenated alkanes) is 1. The Morgan fingerprint density at radius 3 is 2.43 bits per heavy atom. The molecule has 0 saturated carbocycles. The monoisotopic (exact) mass is 328 g/mol. The summed E-state index contributed by atoms with van der Waals surface area (Å²) >= 11 is 0. The zero-order valence-corrected chi connectivity index (χ0v) is 14.6. The van der Waals surface area contributed by atoms with Crippen LogP contribution in [0.15, 0.2) is 0 Å². The number of likely N-dealkylation sites (tertiary alicyclic amines) is 1. The number of nitrogens with two attached hydrogens (primary N) is 1. The fourth-order valence-electron chi connectivity index (χ4n) is 2.77. The van der Waals surface area contributed by atoms with Crippen LogP contribution in [0.3, 0.4) is 0 Å². The third-order valence-corrected chi connectivity index (χ3v) is 4.46. The van der Waals surface area contributed by atoms with Crippen LogP contribution < -0.4 is 16.4 Å². The summed E-state index contributed by atoms with van der Waals surface area (Å²) in [5.41, 5.74) is 6.03. The highest BCUT2D eigenvalue weighted by Crippen LogP contribution is 2.13. The van der Waals surface area contributed by atoms with Crippen molar-refractivity contribution in [1.29, 1.82) is 0 Å². The molecule has 0 radical (unpaired) electrons. The molecule has 1 aliphatic heterocycles. The van der Waals surface area contributed by atoms with Crippen molar-refractivity contribution in [2.45, 2.75) is 63.6 Å². The summed E-state index contributed by atoms with van der Waals surface area (Å²) in [5.74, 6) is 0.0307. The lowest BCUT2D eigenvalue weighted by Gasteiger charge is -2.33. The van der Waals surface area contributed by atoms with Gasteiger partial charge in [-0.1, -0.05) is 12.8 Å². The molecule has 7 nitrogen and oxygen atoms in total. The van der Waals surface area contributed by atoms with Crippen LogP contribution in [0.1, 0.15) is 45.4 Å². The van der Waals surface area contributed by atoms with Crippen LogP contribution >= 0.6 is 0 Å². The molecule has 1 aliphatic rings. The van der Waals surface area contributed by atoms with Crippen LogP contribution in [-0.4, -0.2) is 62.3 Å². The Bertz CT molecular complexity index is 370. The number of rotatable bonds is 8. The van der Waals surface area contributed by atoms with Gasteiger partial charge in [0.05, 0.1) is 12.1 Å². The molecule has 4 N–H and O–H groups in total. The highest BCUT2D eigenvalue weighted by atomic mass is 16.5. The van der Waals surface area contributed by atoms with Gasteiger partial charge in [-0.3, -0.25) is 4.79 Å². The number of nitrogens with zero attached hydrogens (tertiary/aromatic N) is 1. The van der Waals surface area contributed by atoms with E-state index in [0.717, 1.165) is 32.1 Å². The van der Waals surface area contributed by atoms with Gasteiger partial charge >= 0.3 is 6.03 Å². The van der Waals surface area contributed by atoms with Crippen molar-refractivity contribution in [3.63, 3.8) is 0 Å². The average Bonchev–Trinajstić information content (AvgIpc) is 2.58. The lowest BCUT2D eigenvalue weighted by Crippen LogP contribution is -2.51. The largest absolute Gasteiger partial charge is 0.382 e. The van der Waals surface area contributed by atoms with E-state index in [0.29, 0.717) is 19.5 Å². The first-order valence-electron chi connectivity index (χ1n) is 8.53. The normalized spacial score (nSPS) is 18.3. The molecule has 3 amide bonds. The van der Waals surface area contributed by atoms with Crippen LogP contribution in [0.2, 0.25) is 0 Å². The Morgan fingerprint density at radius 1 is 1.26 bits per heavy atom. The average molecular weight is 328 g/mol. The standard InChI is InChI=1S/C16H32N4O3/c1-12(23-3)6-4-5-7-14(17)15(21)20-10-8-13(9-11-20)19-16(22)18-2/h12-14H,4-11,17H2,1-3H3,(H2,18,19,22)/t12?,14-/m1/s1. The van der Waals surface area contributed by atoms with Gasteiger partial charge in [0.1, 0.15) is 0 Å². The summed E-state index contributed by atoms with van der Waals surface area (Å²) in [5, 5.41) is 5.43. The molecule has 0 aromatic rings. The third-order valence-electron chi connectivity index (χ3n) is 4.46. The van der Waals surface area contributed by atoms with E-state index < -0.39 is 6.04 Å². The molecular formula is C16H32N4O3. The zero-order valence-electron chi connectivity index (χ0n) is 14.6. The van der Waals surface area contributed by atoms with Crippen LogP contribution in [0.25, 0.3) is 0 Å². The van der Waals surface area contributed by atoms with Crippen LogP contribution in [0, 0.1) is 0 Å². The van der Waals surface area contributed by atoms with Gasteiger partial charge in [0, 0.05) is 33.3 Å². The Morgan fingerprint density at radius 2 is 1.87 bits per heavy atom. The molecule has 0 aromatic heterocycles. The van der Waals surface area contributed by atoms with Crippen molar-refractivity contribution >= 4 is 11.9 Å². The van der Waals surface area contributed by atoms with Gasteiger partial charge in [-0.05, 0) is 32.6 Å². The van der Waals surface area contributed by atoms with E-state index >= 15 is 0 Å². The highest BCUT2D eigenvalue weighted by Gasteiger charge is 2.26. The molecule has 1 heterocycles. The Labute approximate surface area is 139 Å². The maximum Gasteiger partial charge on any atom is 0.314 e. The third kappa shape index (κ3) is 7.18. The molecule has 1 rings (SSSR count). The van der Waals surface area contributed by atoms with E-state index in [9.17, 15) is 9.59 Å². The SMILES string of the molecule is CNC(=O)NC1CCN(C(=O)[C@H](N)CCCCC(C)OC)CC1. The molecular weight excluding hydrogens is 296 g/mol. The Balaban J connectivity index is 2.23. The van der Waals surface area contributed by atoms with Crippen molar-refractivity contribution in [3.8, 4) is 0 Å². The lowest BCUT2D eigenvalue weighted by atomic mass is 10.0. The second kappa shape index (κ2) is 10.4. The van der Waals surface area contributed by atoms with Crippen molar-refractivity contribution in [2.24, 2.45) is 5.73 Å². The number of methoxy groups -OCH3 is 1. The Kier molecular flexibility index (Phi) is 8.94. The smallest absolute Gasteiger partial charge is 0.314 e. The summed E-state index contributed by atoms with van der Waals surface area (Å²) in [4.78, 5) is 25.5. The second-order valence-corrected chi connectivity index (χ2v) is 6.26. The fourth-order valence-corrected chi connectivity index (χ4v) is 2.77. The topological polar surface area (TPSA) is 96.7 Å². The molecule has 134 valence electrons. The first kappa shape index (κ1) is 19.7. The van der Waals surface area contributed by atoms with Gasteiger partial charge in [0.15, 0.2) is 0 Å². The molecule has 1 fully saturated rings. The minimum absolute atomic E-state index is 0.0307. The predicted molar refractivity (Wildman–Crippen MR) is 90.1 cm³/mol. The number of piperidine rings is 1. The minimum atomic E-state index is -0.420. The number of nitrogens with one attached hydrogen (secondary N) is 2. The van der Waals surface area contributed by atoms with Crippen LogP contribution in [0.4, 0.5) is 4.79 Å². The number of carbonyl (C=O) groups is 2. The van der Waals surface area contributed by atoms with Crippen molar-refractivity contribution in [2.75, 3.05) is 27.2 Å². The van der Waals surface area contributed by atoms with E-state index in [1.807, 2.05) is 11.8 Å². The van der Waals surface area contributed by atoms with Crippen molar-refractivity contribution < 1.29 is 14.3 Å². The fraction of sp³-hybridized carbons (Fsp3) is 0.875. The molecule has 23 heavy (non-hydrogen) atoms. The van der Waals surface area contributed by atoms with Gasteiger partial charge in [-0.2, -0.15) is 0 Å². The maximum atomic E-state index is 12.3. The van der Waals surface area contributed by atoms with Gasteiger partial charge in [-0.15, -0.1) is 0 Å². The van der Waals surface area contributed by atoms with Gasteiger partial charge < -0.3 is 26.0 Å². The molecule has 1 unspecified atom stereocenters. The van der Waals surface area contributed by atoms with E-state index in [4.69, 9.17) is 10.5 Å². The number of hydrogen-bond donors (Lipinski definition) is 3. The summed E-state index contributed by atoms with van der Waals surface area (Å²) in [6.07, 6.45) is 5.48. The highest BCUT2D eigenvalue weighted by molar-refractivity contribution is 5.81. The van der Waals surface area contributed by atoms with Gasteiger partial charge in [0.2, 0.25) is 5.91 Å². The van der Waals surface area contributed by atoms with Crippen LogP contribution in [-0.2, 0) is 9.53 Å². The summed E-state index contributed by atoms with van der Waals surface area (Å²) in [6, 6.07) is -0.459. The summed E-state index contributed by atoms with van der Waals surface area (Å²) < 4.78 is 5.20. The van der Waals surface area contributed by atoms with E-state index in [-0.39, 0.29) is 24.1 Å². The predicted octanol–water partition coefficient (Wildman–Crippen LogP) is 0.829. The molecule has 7 heteroatoms. The minimum Gasteiger partial charge on any atom is -0.382 e. The van der Waals surface area contributed by atoms with Gasteiger partial charge in [0.25, 0.3) is 0 Å². The van der Waals surface area contributed by atoms with Crippen LogP contribution in [0.5, 0.6) is 0 Å². The Hall–Kier alpha value is -1.34. The number of hydrogen-bond acceptors (Lipinski definition) is 4. The molecule has 1 saturated heterocycles. The zero-order chi connectivity index (χ0) is 17.2. The van der Waals surface area contributed by atoms with Crippen molar-refractivity contribution in [3.05, 3.63) is 0 Å². The molecule has 0 aromatic carbocycles. The molecule has 0 bridgehead atoms. The van der Waals surface area contributed by atoms with E-state index in [1.54, 1.807) is 14.2 Å². The maximum absolute atomic E-state index is 12.3. The van der Waals surface area contributed by atoms with E-state index in [1.165, 1.54) is 0 Å². The number of amides is 3. The quantitative estimate of drug-likeness (QED) is 0.575. The van der Waals surface area contributed by atoms with Crippen molar-refractivity contribution in [1.82, 2.24) is 15.5 Å². The second-order valence-electron chi connectivity index (χ2n) is 6.26. The number of ether oxygens (including phenoxy) is 1. The molecule has 0 aliphatic carbocycles. The lowest BCUT2D eigenvalue weighted by molar-refractivity contribution is -0.133. The number of carbonyl (C=O) groups excluding carboxylic acids is 2. The first-order valence-corrected chi connectivity index (χ1v) is 8.53. The molecule has 2 atom stereocenters. The number of urea groups is 1. The summed E-state index contributed by atoms with van der Waals surface area (Å²) in [6.45, 7) is 3.35. The first-order chi connectivity index (χ1) is 11.0.